The molecule has 0 aliphatic carbocycles. The maximum absolute atomic E-state index is 12.6. The van der Waals surface area contributed by atoms with Gasteiger partial charge in [-0.1, -0.05) is 17.7 Å². The van der Waals surface area contributed by atoms with Crippen LogP contribution in [0.2, 0.25) is 0 Å². The Morgan fingerprint density at radius 2 is 1.93 bits per heavy atom. The summed E-state index contributed by atoms with van der Waals surface area (Å²) < 4.78 is 9.23. The van der Waals surface area contributed by atoms with Crippen LogP contribution in [0.5, 0.6) is 5.75 Å². The first-order valence-corrected chi connectivity index (χ1v) is 9.18. The van der Waals surface area contributed by atoms with Crippen molar-refractivity contribution >= 4 is 24.8 Å². The normalized spacial score (nSPS) is 14.3. The van der Waals surface area contributed by atoms with Gasteiger partial charge in [0.05, 0.1) is 6.54 Å². The first kappa shape index (κ1) is 23.5. The van der Waals surface area contributed by atoms with Gasteiger partial charge in [0.15, 0.2) is 0 Å². The van der Waals surface area contributed by atoms with Crippen LogP contribution in [0, 0.1) is 13.8 Å². The molecular weight excluding hydrogens is 387 g/mol. The van der Waals surface area contributed by atoms with E-state index < -0.39 is 0 Å². The summed E-state index contributed by atoms with van der Waals surface area (Å²) in [7, 11) is 0. The van der Waals surface area contributed by atoms with Gasteiger partial charge in [-0.3, -0.25) is 4.57 Å². The monoisotopic (exact) mass is 416 g/mol. The second-order valence-electron chi connectivity index (χ2n) is 6.75. The van der Waals surface area contributed by atoms with Crippen LogP contribution >= 0.6 is 24.8 Å². The van der Waals surface area contributed by atoms with Gasteiger partial charge >= 0.3 is 5.69 Å². The van der Waals surface area contributed by atoms with Crippen molar-refractivity contribution in [3.8, 4) is 5.75 Å². The molecule has 0 amide bonds. The van der Waals surface area contributed by atoms with E-state index in [0.29, 0.717) is 25.6 Å². The quantitative estimate of drug-likeness (QED) is 0.785. The number of hydrogen-bond acceptors (Lipinski definition) is 4. The molecule has 1 saturated heterocycles. The van der Waals surface area contributed by atoms with E-state index in [1.54, 1.807) is 4.68 Å². The summed E-state index contributed by atoms with van der Waals surface area (Å²) in [5, 5.41) is 7.99. The molecule has 2 heterocycles. The summed E-state index contributed by atoms with van der Waals surface area (Å²) in [4.78, 5) is 12.6. The van der Waals surface area contributed by atoms with Crippen molar-refractivity contribution in [3.63, 3.8) is 0 Å². The Balaban J connectivity index is 0.00000182. The van der Waals surface area contributed by atoms with Crippen LogP contribution in [-0.4, -0.2) is 34.0 Å². The smallest absolute Gasteiger partial charge is 0.346 e. The average Bonchev–Trinajstić information content (AvgIpc) is 2.93. The third kappa shape index (κ3) is 5.50. The van der Waals surface area contributed by atoms with Gasteiger partial charge in [0.1, 0.15) is 18.2 Å². The topological polar surface area (TPSA) is 61.1 Å². The zero-order valence-electron chi connectivity index (χ0n) is 16.2. The number of aromatic nitrogens is 3. The van der Waals surface area contributed by atoms with E-state index in [1.165, 1.54) is 5.56 Å². The maximum Gasteiger partial charge on any atom is 0.346 e. The number of benzene rings is 1. The van der Waals surface area contributed by atoms with Crippen LogP contribution in [0.25, 0.3) is 0 Å². The molecule has 8 heteroatoms. The lowest BCUT2D eigenvalue weighted by Crippen LogP contribution is -2.30. The van der Waals surface area contributed by atoms with Crippen LogP contribution in [0.15, 0.2) is 23.0 Å². The van der Waals surface area contributed by atoms with Gasteiger partial charge in [0, 0.05) is 12.5 Å². The molecule has 0 atom stereocenters. The number of rotatable bonds is 6. The van der Waals surface area contributed by atoms with Crippen molar-refractivity contribution in [2.75, 3.05) is 19.7 Å². The highest BCUT2D eigenvalue weighted by atomic mass is 35.5. The predicted octanol–water partition coefficient (Wildman–Crippen LogP) is 3.07. The first-order valence-electron chi connectivity index (χ1n) is 9.18. The lowest BCUT2D eigenvalue weighted by Gasteiger charge is -2.21. The number of nitrogens with one attached hydrogen (secondary N) is 1. The van der Waals surface area contributed by atoms with Crippen molar-refractivity contribution in [2.24, 2.45) is 0 Å². The maximum atomic E-state index is 12.6. The van der Waals surface area contributed by atoms with E-state index in [2.05, 4.69) is 23.4 Å². The fourth-order valence-electron chi connectivity index (χ4n) is 3.49. The van der Waals surface area contributed by atoms with E-state index >= 15 is 0 Å². The minimum atomic E-state index is -0.0275. The van der Waals surface area contributed by atoms with Crippen molar-refractivity contribution < 1.29 is 4.74 Å². The molecule has 3 rings (SSSR count). The van der Waals surface area contributed by atoms with Gasteiger partial charge < -0.3 is 10.1 Å². The van der Waals surface area contributed by atoms with Crippen molar-refractivity contribution in [3.05, 3.63) is 45.6 Å². The van der Waals surface area contributed by atoms with Crippen LogP contribution in [0.3, 0.4) is 0 Å². The van der Waals surface area contributed by atoms with Gasteiger partial charge in [-0.05, 0) is 58.3 Å². The molecule has 0 unspecified atom stereocenters. The molecule has 1 aliphatic heterocycles. The Bertz CT molecular complexity index is 783. The number of aryl methyl sites for hydroxylation is 2. The second-order valence-corrected chi connectivity index (χ2v) is 6.75. The minimum Gasteiger partial charge on any atom is -0.491 e. The molecule has 0 spiro atoms. The van der Waals surface area contributed by atoms with Gasteiger partial charge in [-0.25, -0.2) is 9.48 Å². The summed E-state index contributed by atoms with van der Waals surface area (Å²) in [6.45, 7) is 9.66. The third-order valence-corrected chi connectivity index (χ3v) is 4.86. The summed E-state index contributed by atoms with van der Waals surface area (Å²) in [5.41, 5.74) is 2.30. The molecule has 0 radical (unpaired) electrons. The predicted molar refractivity (Wildman–Crippen MR) is 113 cm³/mol. The van der Waals surface area contributed by atoms with Crippen LogP contribution in [0.4, 0.5) is 0 Å². The number of nitrogens with zero attached hydrogens (tertiary/aromatic N) is 3. The van der Waals surface area contributed by atoms with Crippen LogP contribution in [-0.2, 0) is 13.1 Å². The zero-order chi connectivity index (χ0) is 17.8. The molecular formula is C19H30Cl2N4O2. The van der Waals surface area contributed by atoms with Gasteiger partial charge in [0.25, 0.3) is 0 Å². The average molecular weight is 417 g/mol. The number of piperidine rings is 1. The number of hydrogen-bond donors (Lipinski definition) is 1. The molecule has 1 fully saturated rings. The first-order chi connectivity index (χ1) is 12.1. The summed E-state index contributed by atoms with van der Waals surface area (Å²) in [6.07, 6.45) is 2.07. The van der Waals surface area contributed by atoms with Crippen LogP contribution in [0.1, 0.15) is 42.6 Å². The molecule has 6 nitrogen and oxygen atoms in total. The Morgan fingerprint density at radius 3 is 2.56 bits per heavy atom. The molecule has 27 heavy (non-hydrogen) atoms. The second kappa shape index (κ2) is 10.7. The Hall–Kier alpha value is -1.50. The van der Waals surface area contributed by atoms with E-state index in [-0.39, 0.29) is 30.5 Å². The highest BCUT2D eigenvalue weighted by Gasteiger charge is 2.23. The highest BCUT2D eigenvalue weighted by molar-refractivity contribution is 5.85. The fraction of sp³-hybridized carbons (Fsp3) is 0.579. The number of halogens is 2. The molecule has 0 bridgehead atoms. The van der Waals surface area contributed by atoms with E-state index in [1.807, 2.05) is 30.5 Å². The van der Waals surface area contributed by atoms with Crippen molar-refractivity contribution in [1.82, 2.24) is 19.7 Å². The van der Waals surface area contributed by atoms with Crippen molar-refractivity contribution in [1.29, 1.82) is 0 Å². The number of ether oxygens (including phenoxy) is 1. The Morgan fingerprint density at radius 1 is 1.22 bits per heavy atom. The highest BCUT2D eigenvalue weighted by Crippen LogP contribution is 2.22. The Kier molecular flexibility index (Phi) is 9.36. The lowest BCUT2D eigenvalue weighted by molar-refractivity contribution is 0.286. The standard InChI is InChI=1S/C19H28N4O2.2ClH/c1-4-22-18(16-7-9-20-10-8-16)21-23(19(22)24)11-12-25-17-6-5-14(2)13-15(17)3;;/h5-6,13,16,20H,4,7-12H2,1-3H3;2*1H. The SMILES string of the molecule is CCn1c(C2CCNCC2)nn(CCOc2ccc(C)cc2C)c1=O.Cl.Cl. The fourth-order valence-corrected chi connectivity index (χ4v) is 3.49. The summed E-state index contributed by atoms with van der Waals surface area (Å²) in [6, 6.07) is 6.12. The van der Waals surface area contributed by atoms with E-state index in [0.717, 1.165) is 43.1 Å². The molecule has 1 aliphatic rings. The van der Waals surface area contributed by atoms with Gasteiger partial charge in [-0.2, -0.15) is 5.10 Å². The molecule has 2 aromatic rings. The van der Waals surface area contributed by atoms with E-state index in [4.69, 9.17) is 4.74 Å². The Labute approximate surface area is 173 Å². The van der Waals surface area contributed by atoms with Gasteiger partial charge in [-0.15, -0.1) is 24.8 Å². The summed E-state index contributed by atoms with van der Waals surface area (Å²) in [5.74, 6) is 2.17. The van der Waals surface area contributed by atoms with Gasteiger partial charge in [0.2, 0.25) is 0 Å². The molecule has 152 valence electrons. The molecule has 0 saturated carbocycles. The largest absolute Gasteiger partial charge is 0.491 e. The minimum absolute atomic E-state index is 0. The third-order valence-electron chi connectivity index (χ3n) is 4.86. The molecule has 1 aromatic carbocycles. The lowest BCUT2D eigenvalue weighted by atomic mass is 9.97. The molecule has 1 N–H and O–H groups in total. The van der Waals surface area contributed by atoms with Crippen molar-refractivity contribution in [2.45, 2.75) is 52.6 Å². The van der Waals surface area contributed by atoms with E-state index in [9.17, 15) is 4.79 Å². The van der Waals surface area contributed by atoms with Crippen LogP contribution < -0.4 is 15.7 Å². The summed E-state index contributed by atoms with van der Waals surface area (Å²) >= 11 is 0. The molecule has 1 aromatic heterocycles. The zero-order valence-corrected chi connectivity index (χ0v) is 17.9.